The Morgan fingerprint density at radius 3 is 2.53 bits per heavy atom. The molecule has 106 valence electrons. The Morgan fingerprint density at radius 1 is 1.42 bits per heavy atom. The Hall–Kier alpha value is -1.79. The van der Waals surface area contributed by atoms with Crippen molar-refractivity contribution < 1.29 is 23.1 Å². The first kappa shape index (κ1) is 15.3. The predicted molar refractivity (Wildman–Crippen MR) is 63.7 cm³/mol. The molecule has 1 rings (SSSR count). The van der Waals surface area contributed by atoms with Crippen LogP contribution in [0.5, 0.6) is 0 Å². The molecule has 1 atom stereocenters. The number of carbonyl (C=O) groups is 1. The number of anilines is 1. The molecular weight excluding hydrogens is 261 g/mol. The summed E-state index contributed by atoms with van der Waals surface area (Å²) in [6.45, 7) is 3.66. The standard InChI is InChI=1S/C12H15F3N2O2/c1-7(2)6-8(11(18)19)16-10-5-3-4-9(17-10)12(13,14)15/h3-5,7-8H,6H2,1-2H3,(H,16,17)(H,18,19). The maximum atomic E-state index is 12.5. The largest absolute Gasteiger partial charge is 0.480 e. The van der Waals surface area contributed by atoms with E-state index in [2.05, 4.69) is 10.3 Å². The number of aromatic nitrogens is 1. The van der Waals surface area contributed by atoms with Crippen molar-refractivity contribution in [1.29, 1.82) is 0 Å². The summed E-state index contributed by atoms with van der Waals surface area (Å²) >= 11 is 0. The number of pyridine rings is 1. The molecule has 0 aromatic carbocycles. The van der Waals surface area contributed by atoms with Crippen molar-refractivity contribution in [3.63, 3.8) is 0 Å². The van der Waals surface area contributed by atoms with E-state index >= 15 is 0 Å². The summed E-state index contributed by atoms with van der Waals surface area (Å²) in [5.74, 6) is -1.12. The van der Waals surface area contributed by atoms with Crippen molar-refractivity contribution in [3.8, 4) is 0 Å². The molecule has 1 aromatic rings. The van der Waals surface area contributed by atoms with Gasteiger partial charge in [-0.3, -0.25) is 0 Å². The van der Waals surface area contributed by atoms with E-state index in [0.717, 1.165) is 6.07 Å². The number of alkyl halides is 3. The van der Waals surface area contributed by atoms with Crippen molar-refractivity contribution in [2.75, 3.05) is 5.32 Å². The first-order chi connectivity index (χ1) is 8.70. The highest BCUT2D eigenvalue weighted by Gasteiger charge is 2.32. The molecule has 19 heavy (non-hydrogen) atoms. The summed E-state index contributed by atoms with van der Waals surface area (Å²) in [5, 5.41) is 11.5. The highest BCUT2D eigenvalue weighted by atomic mass is 19.4. The van der Waals surface area contributed by atoms with Crippen LogP contribution in [-0.2, 0) is 11.0 Å². The number of hydrogen-bond acceptors (Lipinski definition) is 3. The van der Waals surface area contributed by atoms with Gasteiger partial charge in [0.25, 0.3) is 0 Å². The smallest absolute Gasteiger partial charge is 0.433 e. The second kappa shape index (κ2) is 5.90. The minimum absolute atomic E-state index is 0.0946. The minimum atomic E-state index is -4.55. The van der Waals surface area contributed by atoms with Crippen LogP contribution in [0, 0.1) is 5.92 Å². The van der Waals surface area contributed by atoms with Crippen LogP contribution in [-0.4, -0.2) is 22.1 Å². The molecule has 1 heterocycles. The van der Waals surface area contributed by atoms with E-state index in [1.54, 1.807) is 0 Å². The van der Waals surface area contributed by atoms with Crippen LogP contribution < -0.4 is 5.32 Å². The zero-order valence-corrected chi connectivity index (χ0v) is 10.5. The quantitative estimate of drug-likeness (QED) is 0.867. The molecule has 0 fully saturated rings. The molecule has 2 N–H and O–H groups in total. The average Bonchev–Trinajstić information content (AvgIpc) is 2.26. The van der Waals surface area contributed by atoms with Gasteiger partial charge >= 0.3 is 12.1 Å². The fraction of sp³-hybridized carbons (Fsp3) is 0.500. The van der Waals surface area contributed by atoms with Gasteiger partial charge in [-0.05, 0) is 24.5 Å². The van der Waals surface area contributed by atoms with Crippen LogP contribution in [0.3, 0.4) is 0 Å². The first-order valence-corrected chi connectivity index (χ1v) is 5.73. The van der Waals surface area contributed by atoms with E-state index in [1.807, 2.05) is 13.8 Å². The van der Waals surface area contributed by atoms with E-state index in [-0.39, 0.29) is 11.7 Å². The van der Waals surface area contributed by atoms with Gasteiger partial charge in [0.2, 0.25) is 0 Å². The fourth-order valence-electron chi connectivity index (χ4n) is 1.54. The SMILES string of the molecule is CC(C)CC(Nc1cccc(C(F)(F)F)n1)C(=O)O. The van der Waals surface area contributed by atoms with Gasteiger partial charge in [-0.15, -0.1) is 0 Å². The van der Waals surface area contributed by atoms with Crippen molar-refractivity contribution in [2.24, 2.45) is 5.92 Å². The normalized spacial score (nSPS) is 13.4. The molecule has 4 nitrogen and oxygen atoms in total. The first-order valence-electron chi connectivity index (χ1n) is 5.73. The number of nitrogens with one attached hydrogen (secondary N) is 1. The Labute approximate surface area is 108 Å². The second-order valence-electron chi connectivity index (χ2n) is 4.57. The van der Waals surface area contributed by atoms with Crippen molar-refractivity contribution in [3.05, 3.63) is 23.9 Å². The van der Waals surface area contributed by atoms with E-state index in [1.165, 1.54) is 12.1 Å². The average molecular weight is 276 g/mol. The monoisotopic (exact) mass is 276 g/mol. The summed E-state index contributed by atoms with van der Waals surface area (Å²) in [6.07, 6.45) is -4.25. The van der Waals surface area contributed by atoms with Gasteiger partial charge in [-0.25, -0.2) is 9.78 Å². The molecule has 0 radical (unpaired) electrons. The number of aliphatic carboxylic acids is 1. The molecular formula is C12H15F3N2O2. The van der Waals surface area contributed by atoms with Gasteiger partial charge in [0.05, 0.1) is 0 Å². The van der Waals surface area contributed by atoms with Crippen LogP contribution >= 0.6 is 0 Å². The number of hydrogen-bond donors (Lipinski definition) is 2. The van der Waals surface area contributed by atoms with Gasteiger partial charge in [0, 0.05) is 0 Å². The summed E-state index contributed by atoms with van der Waals surface area (Å²) in [5.41, 5.74) is -1.05. The topological polar surface area (TPSA) is 62.2 Å². The highest BCUT2D eigenvalue weighted by molar-refractivity contribution is 5.76. The zero-order chi connectivity index (χ0) is 14.6. The van der Waals surface area contributed by atoms with Crippen LogP contribution in [0.2, 0.25) is 0 Å². The van der Waals surface area contributed by atoms with Gasteiger partial charge in [0.15, 0.2) is 0 Å². The fourth-order valence-corrected chi connectivity index (χ4v) is 1.54. The van der Waals surface area contributed by atoms with Crippen LogP contribution in [0.1, 0.15) is 26.0 Å². The summed E-state index contributed by atoms with van der Waals surface area (Å²) in [4.78, 5) is 14.4. The number of nitrogens with zero attached hydrogens (tertiary/aromatic N) is 1. The molecule has 0 saturated heterocycles. The lowest BCUT2D eigenvalue weighted by atomic mass is 10.0. The predicted octanol–water partition coefficient (Wildman–Crippen LogP) is 3.01. The minimum Gasteiger partial charge on any atom is -0.480 e. The van der Waals surface area contributed by atoms with E-state index in [4.69, 9.17) is 5.11 Å². The van der Waals surface area contributed by atoms with Crippen molar-refractivity contribution in [1.82, 2.24) is 4.98 Å². The Kier molecular flexibility index (Phi) is 4.74. The Bertz CT molecular complexity index is 447. The highest BCUT2D eigenvalue weighted by Crippen LogP contribution is 2.28. The zero-order valence-electron chi connectivity index (χ0n) is 10.5. The Morgan fingerprint density at radius 2 is 2.05 bits per heavy atom. The lowest BCUT2D eigenvalue weighted by Gasteiger charge is -2.17. The Balaban J connectivity index is 2.88. The maximum Gasteiger partial charge on any atom is 0.433 e. The van der Waals surface area contributed by atoms with Crippen LogP contribution in [0.25, 0.3) is 0 Å². The van der Waals surface area contributed by atoms with Gasteiger partial charge in [-0.2, -0.15) is 13.2 Å². The van der Waals surface area contributed by atoms with Crippen molar-refractivity contribution >= 4 is 11.8 Å². The van der Waals surface area contributed by atoms with Gasteiger partial charge in [0.1, 0.15) is 17.6 Å². The van der Waals surface area contributed by atoms with E-state index < -0.39 is 23.9 Å². The maximum absolute atomic E-state index is 12.5. The third-order valence-electron chi connectivity index (χ3n) is 2.37. The molecule has 0 aliphatic rings. The molecule has 7 heteroatoms. The molecule has 0 aliphatic carbocycles. The number of carboxylic acids is 1. The lowest BCUT2D eigenvalue weighted by molar-refractivity contribution is -0.141. The summed E-state index contributed by atoms with van der Waals surface area (Å²) in [7, 11) is 0. The number of halogens is 3. The molecule has 0 amide bonds. The molecule has 1 unspecified atom stereocenters. The second-order valence-corrected chi connectivity index (χ2v) is 4.57. The summed E-state index contributed by atoms with van der Waals surface area (Å²) in [6, 6.07) is 2.37. The van der Waals surface area contributed by atoms with E-state index in [9.17, 15) is 18.0 Å². The molecule has 0 spiro atoms. The van der Waals surface area contributed by atoms with Gasteiger partial charge in [-0.1, -0.05) is 19.9 Å². The third kappa shape index (κ3) is 4.76. The molecule has 0 bridgehead atoms. The number of carboxylic acid groups (broad SMARTS) is 1. The van der Waals surface area contributed by atoms with Crippen molar-refractivity contribution in [2.45, 2.75) is 32.5 Å². The number of rotatable bonds is 5. The molecule has 1 aromatic heterocycles. The summed E-state index contributed by atoms with van der Waals surface area (Å²) < 4.78 is 37.4. The third-order valence-corrected chi connectivity index (χ3v) is 2.37. The van der Waals surface area contributed by atoms with Gasteiger partial charge < -0.3 is 10.4 Å². The van der Waals surface area contributed by atoms with Crippen LogP contribution in [0.15, 0.2) is 18.2 Å². The van der Waals surface area contributed by atoms with Crippen LogP contribution in [0.4, 0.5) is 19.0 Å². The lowest BCUT2D eigenvalue weighted by Crippen LogP contribution is -2.31. The molecule has 0 aliphatic heterocycles. The van der Waals surface area contributed by atoms with E-state index in [0.29, 0.717) is 6.42 Å². The molecule has 0 saturated carbocycles.